The number of carbonyl (C=O) groups is 1. The molecule has 1 aliphatic carbocycles. The quantitative estimate of drug-likeness (QED) is 0.835. The van der Waals surface area contributed by atoms with Gasteiger partial charge in [0.25, 0.3) is 5.91 Å². The molecule has 7 heteroatoms. The molecule has 1 unspecified atom stereocenters. The van der Waals surface area contributed by atoms with Gasteiger partial charge in [-0.2, -0.15) is 0 Å². The van der Waals surface area contributed by atoms with Gasteiger partial charge in [0.2, 0.25) is 0 Å². The Morgan fingerprint density at radius 3 is 2.81 bits per heavy atom. The summed E-state index contributed by atoms with van der Waals surface area (Å²) in [5.41, 5.74) is 0.356. The zero-order valence-corrected chi connectivity index (χ0v) is 12.6. The molecule has 0 aromatic carbocycles. The van der Waals surface area contributed by atoms with E-state index in [1.807, 2.05) is 4.31 Å². The van der Waals surface area contributed by atoms with E-state index in [0.29, 0.717) is 24.7 Å². The Hall–Kier alpha value is -1.31. The highest BCUT2D eigenvalue weighted by Crippen LogP contribution is 2.40. The van der Waals surface area contributed by atoms with Crippen LogP contribution in [-0.2, 0) is 11.4 Å². The van der Waals surface area contributed by atoms with E-state index in [1.165, 1.54) is 5.41 Å². The van der Waals surface area contributed by atoms with Gasteiger partial charge in [-0.15, -0.1) is 4.31 Å². The predicted molar refractivity (Wildman–Crippen MR) is 78.9 cm³/mol. The van der Waals surface area contributed by atoms with Crippen LogP contribution < -0.4 is 5.32 Å². The normalized spacial score (nSPS) is 22.0. The van der Waals surface area contributed by atoms with E-state index in [0.717, 1.165) is 31.4 Å². The fourth-order valence-corrected chi connectivity index (χ4v) is 3.28. The molecule has 6 nitrogen and oxygen atoms in total. The maximum Gasteiger partial charge on any atom is 0.273 e. The van der Waals surface area contributed by atoms with Gasteiger partial charge in [-0.1, -0.05) is 5.16 Å². The zero-order chi connectivity index (χ0) is 14.8. The highest BCUT2D eigenvalue weighted by Gasteiger charge is 2.30. The number of amides is 1. The molecule has 2 aliphatic rings. The van der Waals surface area contributed by atoms with Crippen molar-refractivity contribution in [1.29, 1.82) is 0 Å². The largest absolute Gasteiger partial charge is 0.593 e. The maximum absolute atomic E-state index is 12.1. The van der Waals surface area contributed by atoms with E-state index in [1.54, 1.807) is 6.07 Å². The van der Waals surface area contributed by atoms with Crippen LogP contribution in [0.2, 0.25) is 0 Å². The summed E-state index contributed by atoms with van der Waals surface area (Å²) in [4.78, 5) is 12.1. The molecule has 1 aromatic rings. The Morgan fingerprint density at radius 2 is 2.19 bits per heavy atom. The van der Waals surface area contributed by atoms with Gasteiger partial charge < -0.3 is 14.4 Å². The van der Waals surface area contributed by atoms with Crippen LogP contribution in [0, 0.1) is 0 Å². The summed E-state index contributed by atoms with van der Waals surface area (Å²) >= 11 is -1.11. The van der Waals surface area contributed by atoms with Crippen molar-refractivity contribution in [1.82, 2.24) is 14.8 Å². The summed E-state index contributed by atoms with van der Waals surface area (Å²) in [7, 11) is 0. The Morgan fingerprint density at radius 1 is 1.48 bits per heavy atom. The van der Waals surface area contributed by atoms with Crippen molar-refractivity contribution in [3.8, 4) is 0 Å². The molecule has 1 N–H and O–H groups in total. The minimum atomic E-state index is -1.11. The average Bonchev–Trinajstić information content (AvgIpc) is 3.24. The Kier molecular flexibility index (Phi) is 4.32. The molecule has 1 saturated heterocycles. The van der Waals surface area contributed by atoms with Gasteiger partial charge in [0.05, 0.1) is 11.4 Å². The van der Waals surface area contributed by atoms with E-state index >= 15 is 0 Å². The molecule has 1 saturated carbocycles. The number of hydrogen-bond donors (Lipinski definition) is 1. The molecule has 1 aliphatic heterocycles. The molecule has 1 aromatic heterocycles. The van der Waals surface area contributed by atoms with Crippen molar-refractivity contribution in [2.75, 3.05) is 13.1 Å². The standard InChI is InChI=1S/C14H19N3O3S/c1-2-21(19)17-7-5-11(6-8-17)15-14(18)12-9-13(20-16-12)10-3-4-10/h2,9-11H,1,3-8H2,(H,15,18). The van der Waals surface area contributed by atoms with Gasteiger partial charge in [-0.05, 0) is 32.3 Å². The summed E-state index contributed by atoms with van der Waals surface area (Å²) in [6.45, 7) is 4.91. The van der Waals surface area contributed by atoms with Gasteiger partial charge in [0.1, 0.15) is 11.2 Å². The number of nitrogens with one attached hydrogen (secondary N) is 1. The molecular weight excluding hydrogens is 290 g/mol. The fourth-order valence-electron chi connectivity index (χ4n) is 2.50. The van der Waals surface area contributed by atoms with Gasteiger partial charge >= 0.3 is 0 Å². The molecule has 1 atom stereocenters. The van der Waals surface area contributed by atoms with Crippen LogP contribution in [0.4, 0.5) is 0 Å². The summed E-state index contributed by atoms with van der Waals surface area (Å²) in [5, 5.41) is 8.25. The van der Waals surface area contributed by atoms with Crippen molar-refractivity contribution in [3.63, 3.8) is 0 Å². The molecule has 2 heterocycles. The predicted octanol–water partition coefficient (Wildman–Crippen LogP) is 1.55. The first-order chi connectivity index (χ1) is 10.2. The number of rotatable bonds is 5. The zero-order valence-electron chi connectivity index (χ0n) is 11.8. The molecular formula is C14H19N3O3S. The monoisotopic (exact) mass is 309 g/mol. The third-order valence-corrected chi connectivity index (χ3v) is 5.09. The third kappa shape index (κ3) is 3.48. The fraction of sp³-hybridized carbons (Fsp3) is 0.571. The lowest BCUT2D eigenvalue weighted by atomic mass is 10.1. The summed E-state index contributed by atoms with van der Waals surface area (Å²) in [6, 6.07) is 1.84. The SMILES string of the molecule is C=C[S+]([O-])N1CCC(NC(=O)c2cc(C3CC3)on2)CC1. The van der Waals surface area contributed by atoms with E-state index in [9.17, 15) is 9.35 Å². The minimum absolute atomic E-state index is 0.0941. The molecule has 0 bridgehead atoms. The van der Waals surface area contributed by atoms with Crippen LogP contribution >= 0.6 is 0 Å². The smallest absolute Gasteiger partial charge is 0.273 e. The molecule has 0 spiro atoms. The highest BCUT2D eigenvalue weighted by molar-refractivity contribution is 7.92. The van der Waals surface area contributed by atoms with E-state index in [2.05, 4.69) is 17.1 Å². The summed E-state index contributed by atoms with van der Waals surface area (Å²) < 4.78 is 18.6. The lowest BCUT2D eigenvalue weighted by Gasteiger charge is -2.30. The molecule has 21 heavy (non-hydrogen) atoms. The lowest BCUT2D eigenvalue weighted by molar-refractivity contribution is 0.0914. The highest BCUT2D eigenvalue weighted by atomic mass is 32.2. The maximum atomic E-state index is 12.1. The third-order valence-electron chi connectivity index (χ3n) is 3.93. The lowest BCUT2D eigenvalue weighted by Crippen LogP contribution is -2.46. The Balaban J connectivity index is 1.50. The van der Waals surface area contributed by atoms with Crippen molar-refractivity contribution in [2.24, 2.45) is 0 Å². The first-order valence-corrected chi connectivity index (χ1v) is 8.40. The van der Waals surface area contributed by atoms with Crippen LogP contribution in [0.5, 0.6) is 0 Å². The minimum Gasteiger partial charge on any atom is -0.593 e. The van der Waals surface area contributed by atoms with Crippen molar-refractivity contribution < 1.29 is 13.9 Å². The van der Waals surface area contributed by atoms with Crippen molar-refractivity contribution in [3.05, 3.63) is 29.5 Å². The number of hydrogen-bond acceptors (Lipinski definition) is 5. The van der Waals surface area contributed by atoms with Crippen LogP contribution in [0.3, 0.4) is 0 Å². The van der Waals surface area contributed by atoms with Gasteiger partial charge in [0, 0.05) is 31.1 Å². The second kappa shape index (κ2) is 6.21. The van der Waals surface area contributed by atoms with E-state index < -0.39 is 11.4 Å². The average molecular weight is 309 g/mol. The second-order valence-electron chi connectivity index (χ2n) is 5.51. The number of nitrogens with zero attached hydrogens (tertiary/aromatic N) is 2. The first kappa shape index (κ1) is 14.6. The summed E-state index contributed by atoms with van der Waals surface area (Å²) in [5.74, 6) is 1.08. The number of aromatic nitrogens is 1. The van der Waals surface area contributed by atoms with Crippen molar-refractivity contribution >= 4 is 17.3 Å². The number of piperidine rings is 1. The van der Waals surface area contributed by atoms with Crippen LogP contribution in [0.15, 0.2) is 22.6 Å². The van der Waals surface area contributed by atoms with E-state index in [4.69, 9.17) is 4.52 Å². The second-order valence-corrected chi connectivity index (χ2v) is 6.91. The Labute approximate surface area is 126 Å². The van der Waals surface area contributed by atoms with Gasteiger partial charge in [-0.3, -0.25) is 4.79 Å². The topological polar surface area (TPSA) is 81.4 Å². The van der Waals surface area contributed by atoms with Gasteiger partial charge in [0.15, 0.2) is 5.69 Å². The molecule has 0 radical (unpaired) electrons. The van der Waals surface area contributed by atoms with Crippen LogP contribution in [0.25, 0.3) is 0 Å². The van der Waals surface area contributed by atoms with Crippen LogP contribution in [-0.4, -0.2) is 39.1 Å². The Bertz CT molecular complexity index is 521. The molecule has 114 valence electrons. The molecule has 1 amide bonds. The van der Waals surface area contributed by atoms with Crippen LogP contribution in [0.1, 0.15) is 47.8 Å². The molecule has 2 fully saturated rings. The van der Waals surface area contributed by atoms with Crippen molar-refractivity contribution in [2.45, 2.75) is 37.6 Å². The number of carbonyl (C=O) groups excluding carboxylic acids is 1. The van der Waals surface area contributed by atoms with Gasteiger partial charge in [-0.25, -0.2) is 0 Å². The summed E-state index contributed by atoms with van der Waals surface area (Å²) in [6.07, 6.45) is 3.79. The first-order valence-electron chi connectivity index (χ1n) is 7.23. The molecule has 3 rings (SSSR count). The van der Waals surface area contributed by atoms with E-state index in [-0.39, 0.29) is 11.9 Å².